The second kappa shape index (κ2) is 13.3. The third-order valence-corrected chi connectivity index (χ3v) is 7.65. The van der Waals surface area contributed by atoms with Gasteiger partial charge in [0.25, 0.3) is 5.69 Å². The molecule has 1 N–H and O–H groups in total. The molecule has 0 saturated heterocycles. The average Bonchev–Trinajstić information content (AvgIpc) is 2.82. The van der Waals surface area contributed by atoms with Crippen molar-refractivity contribution >= 4 is 56.4 Å². The van der Waals surface area contributed by atoms with E-state index in [0.717, 1.165) is 16.6 Å². The molecule has 2 rings (SSSR count). The van der Waals surface area contributed by atoms with Crippen molar-refractivity contribution in [3.05, 3.63) is 67.7 Å². The molecule has 2 aromatic rings. The van der Waals surface area contributed by atoms with E-state index in [9.17, 15) is 28.1 Å². The molecule has 208 valence electrons. The molecule has 1 atom stereocenters. The minimum Gasteiger partial charge on any atom is -0.354 e. The lowest BCUT2D eigenvalue weighted by molar-refractivity contribution is -0.384. The van der Waals surface area contributed by atoms with E-state index in [1.807, 2.05) is 13.8 Å². The van der Waals surface area contributed by atoms with Gasteiger partial charge in [0.15, 0.2) is 0 Å². The summed E-state index contributed by atoms with van der Waals surface area (Å²) >= 11 is 12.7. The Morgan fingerprint density at radius 3 is 2.24 bits per heavy atom. The van der Waals surface area contributed by atoms with Gasteiger partial charge in [0.1, 0.15) is 12.6 Å². The number of amides is 2. The summed E-state index contributed by atoms with van der Waals surface area (Å²) in [4.78, 5) is 38.9. The number of hydrogen-bond donors (Lipinski definition) is 1. The summed E-state index contributed by atoms with van der Waals surface area (Å²) in [7, 11) is -4.06. The normalized spacial score (nSPS) is 12.2. The third kappa shape index (κ3) is 8.05. The van der Waals surface area contributed by atoms with Crippen LogP contribution < -0.4 is 9.62 Å². The first kappa shape index (κ1) is 31.3. The Morgan fingerprint density at radius 2 is 1.74 bits per heavy atom. The van der Waals surface area contributed by atoms with Crippen LogP contribution in [0.5, 0.6) is 0 Å². The summed E-state index contributed by atoms with van der Waals surface area (Å²) < 4.78 is 26.4. The number of rotatable bonds is 12. The molecule has 0 bridgehead atoms. The number of nitro benzene ring substituents is 1. The van der Waals surface area contributed by atoms with E-state index in [0.29, 0.717) is 17.7 Å². The highest BCUT2D eigenvalue weighted by Crippen LogP contribution is 2.30. The highest BCUT2D eigenvalue weighted by Gasteiger charge is 2.33. The molecule has 0 aromatic heterocycles. The molecule has 0 unspecified atom stereocenters. The van der Waals surface area contributed by atoms with Gasteiger partial charge in [-0.05, 0) is 37.0 Å². The van der Waals surface area contributed by atoms with Gasteiger partial charge in [0, 0.05) is 40.8 Å². The molecular weight excluding hydrogens is 555 g/mol. The fourth-order valence-electron chi connectivity index (χ4n) is 3.77. The van der Waals surface area contributed by atoms with Crippen molar-refractivity contribution < 1.29 is 22.9 Å². The van der Waals surface area contributed by atoms with Gasteiger partial charge in [0.05, 0.1) is 16.9 Å². The van der Waals surface area contributed by atoms with Crippen LogP contribution in [0.1, 0.15) is 38.3 Å². The minimum atomic E-state index is -4.06. The van der Waals surface area contributed by atoms with Gasteiger partial charge in [-0.2, -0.15) is 0 Å². The van der Waals surface area contributed by atoms with Gasteiger partial charge in [-0.3, -0.25) is 24.0 Å². The standard InChI is InChI=1S/C25H32Cl2N4O6S/c1-6-22(25(33)28-13-16(2)3)29(14-19-20(26)8-7-9-21(19)27)24(32)15-30(38(5,36)37)23-12-18(31(34)35)11-10-17(23)4/h7-12,16,22H,6,13-15H2,1-5H3,(H,28,33)/t22-/m1/s1. The average molecular weight is 588 g/mol. The molecule has 13 heteroatoms. The van der Waals surface area contributed by atoms with E-state index in [1.54, 1.807) is 32.0 Å². The lowest BCUT2D eigenvalue weighted by atomic mass is 10.1. The van der Waals surface area contributed by atoms with Crippen molar-refractivity contribution in [1.82, 2.24) is 10.2 Å². The number of nitrogens with zero attached hydrogens (tertiary/aromatic N) is 3. The molecular formula is C25H32Cl2N4O6S. The number of benzene rings is 2. The number of halogens is 2. The van der Waals surface area contributed by atoms with Gasteiger partial charge in [0.2, 0.25) is 21.8 Å². The van der Waals surface area contributed by atoms with Crippen LogP contribution in [0.2, 0.25) is 10.0 Å². The number of carbonyl (C=O) groups is 2. The first-order valence-corrected chi connectivity index (χ1v) is 14.5. The van der Waals surface area contributed by atoms with E-state index in [2.05, 4.69) is 5.32 Å². The smallest absolute Gasteiger partial charge is 0.271 e. The molecule has 0 heterocycles. The van der Waals surface area contributed by atoms with Crippen molar-refractivity contribution in [1.29, 1.82) is 0 Å². The maximum absolute atomic E-state index is 13.8. The van der Waals surface area contributed by atoms with Crippen LogP contribution in [-0.2, 0) is 26.2 Å². The zero-order chi connectivity index (χ0) is 28.8. The van der Waals surface area contributed by atoms with Crippen LogP contribution in [0.3, 0.4) is 0 Å². The topological polar surface area (TPSA) is 130 Å². The summed E-state index contributed by atoms with van der Waals surface area (Å²) in [5.74, 6) is -0.949. The number of aryl methyl sites for hydroxylation is 1. The second-order valence-electron chi connectivity index (χ2n) is 9.28. The van der Waals surface area contributed by atoms with Gasteiger partial charge in [-0.25, -0.2) is 8.42 Å². The first-order valence-electron chi connectivity index (χ1n) is 11.9. The number of sulfonamides is 1. The molecule has 0 aliphatic rings. The summed E-state index contributed by atoms with van der Waals surface area (Å²) in [6.07, 6.45) is 1.13. The van der Waals surface area contributed by atoms with Crippen molar-refractivity contribution in [2.75, 3.05) is 23.7 Å². The van der Waals surface area contributed by atoms with E-state index in [-0.39, 0.29) is 40.3 Å². The third-order valence-electron chi connectivity index (χ3n) is 5.81. The summed E-state index contributed by atoms with van der Waals surface area (Å²) in [6, 6.07) is 7.64. The Morgan fingerprint density at radius 1 is 1.13 bits per heavy atom. The SMILES string of the molecule is CC[C@H](C(=O)NCC(C)C)N(Cc1c(Cl)cccc1Cl)C(=O)CN(c1cc([N+](=O)[O-])ccc1C)S(C)(=O)=O. The number of nitrogens with one attached hydrogen (secondary N) is 1. The van der Waals surface area contributed by atoms with Crippen LogP contribution in [0, 0.1) is 23.0 Å². The fraction of sp³-hybridized carbons (Fsp3) is 0.440. The zero-order valence-corrected chi connectivity index (χ0v) is 24.2. The predicted octanol–water partition coefficient (Wildman–Crippen LogP) is 4.56. The monoisotopic (exact) mass is 586 g/mol. The molecule has 2 aromatic carbocycles. The van der Waals surface area contributed by atoms with Crippen molar-refractivity contribution in [2.45, 2.75) is 46.7 Å². The number of nitro groups is 1. The molecule has 0 saturated carbocycles. The molecule has 2 amide bonds. The molecule has 0 aliphatic heterocycles. The summed E-state index contributed by atoms with van der Waals surface area (Å²) in [6.45, 7) is 6.70. The Kier molecular flexibility index (Phi) is 10.9. The van der Waals surface area contributed by atoms with E-state index >= 15 is 0 Å². The van der Waals surface area contributed by atoms with Crippen LogP contribution in [0.4, 0.5) is 11.4 Å². The molecule has 0 spiro atoms. The molecule has 0 radical (unpaired) electrons. The summed E-state index contributed by atoms with van der Waals surface area (Å²) in [5.41, 5.74) is 0.474. The Bertz CT molecular complexity index is 1280. The van der Waals surface area contributed by atoms with Crippen molar-refractivity contribution in [3.8, 4) is 0 Å². The molecule has 10 nitrogen and oxygen atoms in total. The molecule has 0 fully saturated rings. The van der Waals surface area contributed by atoms with Crippen molar-refractivity contribution in [3.63, 3.8) is 0 Å². The van der Waals surface area contributed by atoms with E-state index in [1.165, 1.54) is 17.0 Å². The maximum Gasteiger partial charge on any atom is 0.271 e. The highest BCUT2D eigenvalue weighted by atomic mass is 35.5. The zero-order valence-electron chi connectivity index (χ0n) is 21.9. The highest BCUT2D eigenvalue weighted by molar-refractivity contribution is 7.92. The largest absolute Gasteiger partial charge is 0.354 e. The Balaban J connectivity index is 2.57. The Labute approximate surface area is 233 Å². The number of anilines is 1. The summed E-state index contributed by atoms with van der Waals surface area (Å²) in [5, 5.41) is 14.7. The van der Waals surface area contributed by atoms with Crippen LogP contribution in [0.25, 0.3) is 0 Å². The van der Waals surface area contributed by atoms with Gasteiger partial charge in [-0.1, -0.05) is 56.1 Å². The van der Waals surface area contributed by atoms with E-state index < -0.39 is 39.3 Å². The number of non-ortho nitro benzene ring substituents is 1. The van der Waals surface area contributed by atoms with Gasteiger partial charge >= 0.3 is 0 Å². The molecule has 0 aliphatic carbocycles. The Hall–Kier alpha value is -2.89. The molecule has 38 heavy (non-hydrogen) atoms. The quantitative estimate of drug-likeness (QED) is 0.286. The van der Waals surface area contributed by atoms with Gasteiger partial charge < -0.3 is 10.2 Å². The number of hydrogen-bond acceptors (Lipinski definition) is 6. The van der Waals surface area contributed by atoms with Crippen LogP contribution in [-0.4, -0.2) is 55.4 Å². The lowest BCUT2D eigenvalue weighted by Crippen LogP contribution is -2.52. The fourth-order valence-corrected chi connectivity index (χ4v) is 5.19. The van der Waals surface area contributed by atoms with Crippen LogP contribution in [0.15, 0.2) is 36.4 Å². The maximum atomic E-state index is 13.8. The van der Waals surface area contributed by atoms with E-state index in [4.69, 9.17) is 23.2 Å². The first-order chi connectivity index (χ1) is 17.7. The predicted molar refractivity (Wildman–Crippen MR) is 149 cm³/mol. The van der Waals surface area contributed by atoms with Crippen LogP contribution >= 0.6 is 23.2 Å². The number of carbonyl (C=O) groups excluding carboxylic acids is 2. The van der Waals surface area contributed by atoms with Gasteiger partial charge in [-0.15, -0.1) is 0 Å². The lowest BCUT2D eigenvalue weighted by Gasteiger charge is -2.33. The second-order valence-corrected chi connectivity index (χ2v) is 12.0. The van der Waals surface area contributed by atoms with Crippen molar-refractivity contribution in [2.24, 2.45) is 5.92 Å². The minimum absolute atomic E-state index is 0.0110.